The first-order valence-electron chi connectivity index (χ1n) is 7.20. The molecule has 6 nitrogen and oxygen atoms in total. The van der Waals surface area contributed by atoms with Crippen LogP contribution in [-0.4, -0.2) is 39.5 Å². The Labute approximate surface area is 147 Å². The maximum atomic E-state index is 14.1. The molecule has 0 radical (unpaired) electrons. The number of fused-ring (bicyclic) bond motifs is 1. The number of thioether (sulfide) groups is 1. The first-order chi connectivity index (χ1) is 12.2. The molecule has 3 aromatic rings. The first-order valence-corrected chi connectivity index (χ1v) is 8.43. The lowest BCUT2D eigenvalue weighted by Crippen LogP contribution is -2.21. The van der Waals surface area contributed by atoms with Gasteiger partial charge in [-0.05, 0) is 18.4 Å². The molecular weight excluding hydrogens is 343 g/mol. The van der Waals surface area contributed by atoms with Crippen LogP contribution in [0.15, 0.2) is 40.7 Å². The molecular formula is C17H13FN4O2S. The van der Waals surface area contributed by atoms with Crippen LogP contribution in [0, 0.1) is 17.7 Å². The van der Waals surface area contributed by atoms with Crippen molar-refractivity contribution >= 4 is 22.7 Å². The summed E-state index contributed by atoms with van der Waals surface area (Å²) >= 11 is 1.35. The smallest absolute Gasteiger partial charge is 0.267 e. The molecule has 3 aromatic heterocycles. The second-order valence-corrected chi connectivity index (χ2v) is 5.65. The molecule has 0 saturated heterocycles. The largest absolute Gasteiger partial charge is 0.372 e. The number of aromatic nitrogens is 4. The Hall–Kier alpha value is -2.76. The van der Waals surface area contributed by atoms with Gasteiger partial charge in [-0.15, -0.1) is 0 Å². The summed E-state index contributed by atoms with van der Waals surface area (Å²) in [7, 11) is 1.53. The molecule has 25 heavy (non-hydrogen) atoms. The molecule has 0 aliphatic heterocycles. The Bertz CT molecular complexity index is 1060. The fraction of sp³-hybridized carbons (Fsp3) is 0.176. The minimum Gasteiger partial charge on any atom is -0.372 e. The van der Waals surface area contributed by atoms with Crippen molar-refractivity contribution in [3.05, 3.63) is 52.5 Å². The first kappa shape index (κ1) is 17.1. The van der Waals surface area contributed by atoms with Crippen LogP contribution >= 0.6 is 11.8 Å². The van der Waals surface area contributed by atoms with Crippen LogP contribution in [0.4, 0.5) is 4.39 Å². The minimum atomic E-state index is -0.610. The summed E-state index contributed by atoms with van der Waals surface area (Å²) < 4.78 is 20.1. The Morgan fingerprint density at radius 2 is 2.24 bits per heavy atom. The number of pyridine rings is 2. The van der Waals surface area contributed by atoms with Crippen molar-refractivity contribution in [3.8, 4) is 17.7 Å². The Kier molecular flexibility index (Phi) is 5.07. The summed E-state index contributed by atoms with van der Waals surface area (Å²) in [6.45, 7) is 0.221. The fourth-order valence-electron chi connectivity index (χ4n) is 2.21. The van der Waals surface area contributed by atoms with E-state index in [9.17, 15) is 9.18 Å². The van der Waals surface area contributed by atoms with Gasteiger partial charge >= 0.3 is 0 Å². The van der Waals surface area contributed by atoms with E-state index in [2.05, 4.69) is 26.8 Å². The predicted octanol–water partition coefficient (Wildman–Crippen LogP) is 2.03. The second-order valence-electron chi connectivity index (χ2n) is 4.88. The monoisotopic (exact) mass is 356 g/mol. The summed E-state index contributed by atoms with van der Waals surface area (Å²) in [6.07, 6.45) is 6.12. The average Bonchev–Trinajstić information content (AvgIpc) is 2.64. The van der Waals surface area contributed by atoms with Crippen molar-refractivity contribution < 1.29 is 9.13 Å². The van der Waals surface area contributed by atoms with E-state index < -0.39 is 11.4 Å². The Morgan fingerprint density at radius 3 is 2.96 bits per heavy atom. The van der Waals surface area contributed by atoms with Crippen LogP contribution in [0.1, 0.15) is 5.56 Å². The summed E-state index contributed by atoms with van der Waals surface area (Å²) in [4.78, 5) is 25.2. The number of nitrogens with zero attached hydrogens (tertiary/aromatic N) is 4. The van der Waals surface area contributed by atoms with E-state index in [0.29, 0.717) is 16.2 Å². The molecule has 3 heterocycles. The quantitative estimate of drug-likeness (QED) is 0.406. The van der Waals surface area contributed by atoms with Crippen molar-refractivity contribution in [2.24, 2.45) is 0 Å². The number of ether oxygens (including phenoxy) is 1. The summed E-state index contributed by atoms with van der Waals surface area (Å²) in [5.74, 6) is 5.03. The third kappa shape index (κ3) is 3.38. The Balaban J connectivity index is 2.34. The molecule has 0 spiro atoms. The number of halogens is 1. The van der Waals surface area contributed by atoms with E-state index in [1.54, 1.807) is 0 Å². The van der Waals surface area contributed by atoms with Crippen molar-refractivity contribution in [2.45, 2.75) is 5.16 Å². The lowest BCUT2D eigenvalue weighted by atomic mass is 10.2. The standard InChI is InChI=1S/C17H13FN4O2S/c1-24-8-4-5-11-10-22(15-13(18)6-3-7-19-15)16(23)12-9-20-17(25-2)21-14(11)12/h3,6-7,9-10H,8H2,1-2H3. The van der Waals surface area contributed by atoms with Gasteiger partial charge in [-0.3, -0.25) is 9.36 Å². The normalized spacial score (nSPS) is 10.5. The minimum absolute atomic E-state index is 0.0989. The molecule has 0 aliphatic rings. The van der Waals surface area contributed by atoms with E-state index in [0.717, 1.165) is 4.57 Å². The van der Waals surface area contributed by atoms with E-state index in [1.807, 2.05) is 6.26 Å². The van der Waals surface area contributed by atoms with Crippen LogP contribution in [0.2, 0.25) is 0 Å². The highest BCUT2D eigenvalue weighted by atomic mass is 32.2. The Morgan fingerprint density at radius 1 is 1.40 bits per heavy atom. The average molecular weight is 356 g/mol. The maximum Gasteiger partial charge on any atom is 0.267 e. The summed E-state index contributed by atoms with van der Waals surface area (Å²) in [6, 6.07) is 2.70. The van der Waals surface area contributed by atoms with Crippen molar-refractivity contribution in [1.29, 1.82) is 0 Å². The van der Waals surface area contributed by atoms with Gasteiger partial charge in [0.1, 0.15) is 6.61 Å². The van der Waals surface area contributed by atoms with Crippen molar-refractivity contribution in [2.75, 3.05) is 20.0 Å². The van der Waals surface area contributed by atoms with Crippen LogP contribution in [-0.2, 0) is 4.74 Å². The third-order valence-electron chi connectivity index (χ3n) is 3.32. The summed E-state index contributed by atoms with van der Waals surface area (Å²) in [5, 5.41) is 0.760. The molecule has 0 aromatic carbocycles. The molecule has 0 bridgehead atoms. The molecule has 0 saturated carbocycles. The lowest BCUT2D eigenvalue weighted by molar-refractivity contribution is 0.240. The SMILES string of the molecule is COCC#Cc1cn(-c2ncccc2F)c(=O)c2cnc(SC)nc12. The van der Waals surface area contributed by atoms with Gasteiger partial charge in [0.25, 0.3) is 5.56 Å². The zero-order chi connectivity index (χ0) is 17.8. The van der Waals surface area contributed by atoms with Gasteiger partial charge in [-0.25, -0.2) is 19.3 Å². The third-order valence-corrected chi connectivity index (χ3v) is 3.88. The van der Waals surface area contributed by atoms with E-state index in [-0.39, 0.29) is 17.8 Å². The molecule has 0 amide bonds. The molecule has 0 unspecified atom stereocenters. The molecule has 0 aliphatic carbocycles. The van der Waals surface area contributed by atoms with Gasteiger partial charge in [-0.1, -0.05) is 23.6 Å². The van der Waals surface area contributed by atoms with Gasteiger partial charge < -0.3 is 4.74 Å². The molecule has 0 atom stereocenters. The topological polar surface area (TPSA) is 69.9 Å². The molecule has 8 heteroatoms. The van der Waals surface area contributed by atoms with Crippen LogP contribution in [0.25, 0.3) is 16.7 Å². The summed E-state index contributed by atoms with van der Waals surface area (Å²) in [5.41, 5.74) is 0.424. The highest BCUT2D eigenvalue weighted by Gasteiger charge is 2.14. The molecule has 0 fully saturated rings. The van der Waals surface area contributed by atoms with Crippen molar-refractivity contribution in [3.63, 3.8) is 0 Å². The fourth-order valence-corrected chi connectivity index (χ4v) is 2.55. The van der Waals surface area contributed by atoms with Gasteiger partial charge in [0, 0.05) is 25.7 Å². The van der Waals surface area contributed by atoms with E-state index >= 15 is 0 Å². The number of hydrogen-bond acceptors (Lipinski definition) is 6. The van der Waals surface area contributed by atoms with Gasteiger partial charge in [-0.2, -0.15) is 0 Å². The zero-order valence-corrected chi connectivity index (χ0v) is 14.3. The van der Waals surface area contributed by atoms with Gasteiger partial charge in [0.2, 0.25) is 0 Å². The van der Waals surface area contributed by atoms with Gasteiger partial charge in [0.05, 0.1) is 16.5 Å². The predicted molar refractivity (Wildman–Crippen MR) is 93.4 cm³/mol. The number of methoxy groups -OCH3 is 1. The second kappa shape index (κ2) is 7.42. The lowest BCUT2D eigenvalue weighted by Gasteiger charge is -2.09. The van der Waals surface area contributed by atoms with Crippen LogP contribution in [0.5, 0.6) is 0 Å². The van der Waals surface area contributed by atoms with E-state index in [1.165, 1.54) is 49.6 Å². The highest BCUT2D eigenvalue weighted by Crippen LogP contribution is 2.18. The van der Waals surface area contributed by atoms with Crippen molar-refractivity contribution in [1.82, 2.24) is 19.5 Å². The number of rotatable bonds is 3. The molecule has 0 N–H and O–H groups in total. The molecule has 3 rings (SSSR count). The highest BCUT2D eigenvalue weighted by molar-refractivity contribution is 7.98. The van der Waals surface area contributed by atoms with E-state index in [4.69, 9.17) is 4.74 Å². The maximum absolute atomic E-state index is 14.1. The van der Waals surface area contributed by atoms with Crippen LogP contribution in [0.3, 0.4) is 0 Å². The molecule has 126 valence electrons. The number of hydrogen-bond donors (Lipinski definition) is 0. The van der Waals surface area contributed by atoms with Gasteiger partial charge in [0.15, 0.2) is 16.8 Å². The zero-order valence-electron chi connectivity index (χ0n) is 13.5. The van der Waals surface area contributed by atoms with Crippen LogP contribution < -0.4 is 5.56 Å².